The van der Waals surface area contributed by atoms with Crippen LogP contribution in [0.1, 0.15) is 26.2 Å². The number of rotatable bonds is 3. The van der Waals surface area contributed by atoms with Gasteiger partial charge >= 0.3 is 0 Å². The van der Waals surface area contributed by atoms with Crippen LogP contribution in [0.25, 0.3) is 0 Å². The summed E-state index contributed by atoms with van der Waals surface area (Å²) in [6.45, 7) is 7.01. The third kappa shape index (κ3) is 5.54. The summed E-state index contributed by atoms with van der Waals surface area (Å²) in [5.41, 5.74) is 0. The van der Waals surface area contributed by atoms with Gasteiger partial charge in [0.1, 0.15) is 0 Å². The van der Waals surface area contributed by atoms with Crippen molar-refractivity contribution in [2.24, 2.45) is 0 Å². The highest BCUT2D eigenvalue weighted by atomic mass is 16.3. The molecule has 1 radical (unpaired) electrons. The first-order valence-electron chi connectivity index (χ1n) is 2.57. The molecule has 7 heavy (non-hydrogen) atoms. The molecule has 0 aliphatic rings. The third-order valence-electron chi connectivity index (χ3n) is 0.786. The zero-order valence-corrected chi connectivity index (χ0v) is 4.65. The molecule has 0 unspecified atom stereocenters. The van der Waals surface area contributed by atoms with E-state index in [4.69, 9.17) is 11.7 Å². The Bertz CT molecular complexity index is 57.2. The van der Waals surface area contributed by atoms with Crippen LogP contribution >= 0.6 is 0 Å². The summed E-state index contributed by atoms with van der Waals surface area (Å²) in [6.07, 6.45) is 2.72. The lowest BCUT2D eigenvalue weighted by Gasteiger charge is -1.90. The Morgan fingerprint density at radius 3 is 2.43 bits per heavy atom. The maximum absolute atomic E-state index is 8.38. The van der Waals surface area contributed by atoms with Crippen LogP contribution in [0.2, 0.25) is 0 Å². The second kappa shape index (κ2) is 3.72. The van der Waals surface area contributed by atoms with Gasteiger partial charge in [-0.25, -0.2) is 0 Å². The van der Waals surface area contributed by atoms with E-state index in [9.17, 15) is 0 Å². The largest absolute Gasteiger partial charge is 0.512 e. The van der Waals surface area contributed by atoms with Crippen LogP contribution < -0.4 is 0 Å². The number of hydrogen-bond donors (Lipinski definition) is 1. The molecule has 0 aromatic rings. The van der Waals surface area contributed by atoms with Crippen molar-refractivity contribution in [3.8, 4) is 0 Å². The van der Waals surface area contributed by atoms with Gasteiger partial charge < -0.3 is 5.11 Å². The summed E-state index contributed by atoms with van der Waals surface area (Å²) >= 11 is 0. The van der Waals surface area contributed by atoms with Crippen molar-refractivity contribution in [2.75, 3.05) is 0 Å². The maximum Gasteiger partial charge on any atom is 0.0923 e. The maximum atomic E-state index is 8.38. The molecule has 0 aliphatic carbocycles. The SMILES string of the molecule is [CH]=C(O)CCCC. The van der Waals surface area contributed by atoms with Crippen LogP contribution in [0, 0.1) is 6.58 Å². The van der Waals surface area contributed by atoms with Gasteiger partial charge in [-0.1, -0.05) is 13.3 Å². The second-order valence-electron chi connectivity index (χ2n) is 1.59. The van der Waals surface area contributed by atoms with Crippen molar-refractivity contribution >= 4 is 0 Å². The number of aliphatic hydroxyl groups excluding tert-OH is 1. The Morgan fingerprint density at radius 1 is 1.71 bits per heavy atom. The monoisotopic (exact) mass is 99.1 g/mol. The fourth-order valence-corrected chi connectivity index (χ4v) is 0.358. The Morgan fingerprint density at radius 2 is 2.29 bits per heavy atom. The highest BCUT2D eigenvalue weighted by molar-refractivity contribution is 4.73. The van der Waals surface area contributed by atoms with Crippen LogP contribution in [-0.2, 0) is 0 Å². The average molecular weight is 99.2 g/mol. The second-order valence-corrected chi connectivity index (χ2v) is 1.59. The minimum Gasteiger partial charge on any atom is -0.512 e. The standard InChI is InChI=1S/C6H11O/c1-3-4-5-6(2)7/h2,7H,3-5H2,1H3. The summed E-state index contributed by atoms with van der Waals surface area (Å²) < 4.78 is 0. The lowest BCUT2D eigenvalue weighted by molar-refractivity contribution is 0.384. The molecular weight excluding hydrogens is 88.1 g/mol. The van der Waals surface area contributed by atoms with E-state index in [1.54, 1.807) is 0 Å². The highest BCUT2D eigenvalue weighted by Crippen LogP contribution is 1.98. The first-order valence-corrected chi connectivity index (χ1v) is 2.57. The van der Waals surface area contributed by atoms with Crippen LogP contribution in [-0.4, -0.2) is 5.11 Å². The molecule has 0 aromatic carbocycles. The molecule has 0 bridgehead atoms. The minimum atomic E-state index is 0.0573. The molecule has 0 aliphatic heterocycles. The molecule has 0 spiro atoms. The normalized spacial score (nSPS) is 8.71. The Hall–Kier alpha value is -0.460. The first kappa shape index (κ1) is 6.54. The summed E-state index contributed by atoms with van der Waals surface area (Å²) in [4.78, 5) is 0. The van der Waals surface area contributed by atoms with Gasteiger partial charge in [0.05, 0.1) is 5.76 Å². The van der Waals surface area contributed by atoms with Crippen molar-refractivity contribution in [3.05, 3.63) is 12.3 Å². The summed E-state index contributed by atoms with van der Waals surface area (Å²) in [5.74, 6) is 0.0573. The van der Waals surface area contributed by atoms with Gasteiger partial charge in [-0.3, -0.25) is 0 Å². The van der Waals surface area contributed by atoms with Crippen molar-refractivity contribution in [3.63, 3.8) is 0 Å². The molecule has 1 N–H and O–H groups in total. The smallest absolute Gasteiger partial charge is 0.0923 e. The predicted molar refractivity (Wildman–Crippen MR) is 30.0 cm³/mol. The van der Waals surface area contributed by atoms with Gasteiger partial charge in [0.25, 0.3) is 0 Å². The molecule has 0 rings (SSSR count). The van der Waals surface area contributed by atoms with Crippen LogP contribution in [0.4, 0.5) is 0 Å². The van der Waals surface area contributed by atoms with E-state index in [-0.39, 0.29) is 5.76 Å². The van der Waals surface area contributed by atoms with Crippen LogP contribution in [0.5, 0.6) is 0 Å². The van der Waals surface area contributed by atoms with E-state index in [1.807, 2.05) is 0 Å². The fraction of sp³-hybridized carbons (Fsp3) is 0.667. The molecule has 0 saturated carbocycles. The zero-order valence-electron chi connectivity index (χ0n) is 4.65. The molecule has 0 fully saturated rings. The van der Waals surface area contributed by atoms with Gasteiger partial charge in [-0.15, -0.1) is 0 Å². The molecule has 0 saturated heterocycles. The van der Waals surface area contributed by atoms with Gasteiger partial charge in [0.2, 0.25) is 0 Å². The Balaban J connectivity index is 2.82. The van der Waals surface area contributed by atoms with E-state index in [2.05, 4.69) is 6.92 Å². The number of hydrogen-bond acceptors (Lipinski definition) is 1. The first-order chi connectivity index (χ1) is 3.27. The quantitative estimate of drug-likeness (QED) is 0.537. The van der Waals surface area contributed by atoms with E-state index >= 15 is 0 Å². The molecule has 0 amide bonds. The van der Waals surface area contributed by atoms with E-state index in [0.717, 1.165) is 12.8 Å². The molecule has 0 atom stereocenters. The molecule has 0 aromatic heterocycles. The fourth-order valence-electron chi connectivity index (χ4n) is 0.358. The highest BCUT2D eigenvalue weighted by Gasteiger charge is 1.84. The topological polar surface area (TPSA) is 20.2 Å². The van der Waals surface area contributed by atoms with E-state index in [1.165, 1.54) is 0 Å². The molecular formula is C6H11O. The molecule has 1 nitrogen and oxygen atoms in total. The predicted octanol–water partition coefficient (Wildman–Crippen LogP) is 2.05. The number of allylic oxidation sites excluding steroid dienone is 1. The van der Waals surface area contributed by atoms with Crippen molar-refractivity contribution in [1.29, 1.82) is 0 Å². The number of aliphatic hydroxyl groups is 1. The van der Waals surface area contributed by atoms with Crippen LogP contribution in [0.15, 0.2) is 5.76 Å². The van der Waals surface area contributed by atoms with Gasteiger partial charge in [-0.05, 0) is 13.0 Å². The summed E-state index contributed by atoms with van der Waals surface area (Å²) in [6, 6.07) is 0. The van der Waals surface area contributed by atoms with Gasteiger partial charge in [0.15, 0.2) is 0 Å². The lowest BCUT2D eigenvalue weighted by atomic mass is 10.2. The Kier molecular flexibility index (Phi) is 3.48. The molecule has 1 heteroatoms. The minimum absolute atomic E-state index is 0.0573. The van der Waals surface area contributed by atoms with E-state index in [0.29, 0.717) is 6.42 Å². The van der Waals surface area contributed by atoms with Gasteiger partial charge in [-0.2, -0.15) is 0 Å². The van der Waals surface area contributed by atoms with Gasteiger partial charge in [0, 0.05) is 6.42 Å². The van der Waals surface area contributed by atoms with Crippen molar-refractivity contribution < 1.29 is 5.11 Å². The summed E-state index contributed by atoms with van der Waals surface area (Å²) in [5, 5.41) is 8.38. The molecule has 41 valence electrons. The zero-order chi connectivity index (χ0) is 5.70. The lowest BCUT2D eigenvalue weighted by Crippen LogP contribution is -1.75. The van der Waals surface area contributed by atoms with Crippen molar-refractivity contribution in [2.45, 2.75) is 26.2 Å². The summed E-state index contributed by atoms with van der Waals surface area (Å²) in [7, 11) is 0. The van der Waals surface area contributed by atoms with Crippen molar-refractivity contribution in [1.82, 2.24) is 0 Å². The van der Waals surface area contributed by atoms with E-state index < -0.39 is 0 Å². The molecule has 0 heterocycles. The average Bonchev–Trinajstić information content (AvgIpc) is 1.61. The Labute approximate surface area is 44.7 Å². The third-order valence-corrected chi connectivity index (χ3v) is 0.786. The van der Waals surface area contributed by atoms with Crippen LogP contribution in [0.3, 0.4) is 0 Å². The number of unbranched alkanes of at least 4 members (excludes halogenated alkanes) is 1.